The molecule has 0 radical (unpaired) electrons. The molecule has 1 aromatic carbocycles. The standard InChI is InChI=1S/C13H16N2S/c1-2-6-10(7-3-1)14-13-11-8-4-5-9-12(11)16-15-13/h4-5,8-10H,1-3,6-7H2,(H,14,15). The molecule has 1 aliphatic carbocycles. The first kappa shape index (κ1) is 10.1. The van der Waals surface area contributed by atoms with Gasteiger partial charge >= 0.3 is 0 Å². The third-order valence-corrected chi connectivity index (χ3v) is 4.15. The van der Waals surface area contributed by atoms with E-state index in [2.05, 4.69) is 34.0 Å². The number of hydrogen-bond acceptors (Lipinski definition) is 3. The number of anilines is 1. The Morgan fingerprint density at radius 3 is 2.81 bits per heavy atom. The van der Waals surface area contributed by atoms with Gasteiger partial charge in [0.05, 0.1) is 4.70 Å². The zero-order valence-electron chi connectivity index (χ0n) is 9.28. The van der Waals surface area contributed by atoms with Crippen molar-refractivity contribution in [3.8, 4) is 0 Å². The summed E-state index contributed by atoms with van der Waals surface area (Å²) in [6, 6.07) is 9.09. The van der Waals surface area contributed by atoms with Gasteiger partial charge in [0.2, 0.25) is 0 Å². The molecule has 3 rings (SSSR count). The van der Waals surface area contributed by atoms with Crippen molar-refractivity contribution in [2.45, 2.75) is 38.1 Å². The van der Waals surface area contributed by atoms with E-state index in [1.807, 2.05) is 0 Å². The van der Waals surface area contributed by atoms with Gasteiger partial charge in [0.1, 0.15) is 5.82 Å². The minimum absolute atomic E-state index is 0.638. The summed E-state index contributed by atoms with van der Waals surface area (Å²) in [7, 11) is 0. The van der Waals surface area contributed by atoms with Crippen LogP contribution in [0.15, 0.2) is 24.3 Å². The number of benzene rings is 1. The van der Waals surface area contributed by atoms with Gasteiger partial charge in [-0.15, -0.1) is 0 Å². The molecule has 16 heavy (non-hydrogen) atoms. The highest BCUT2D eigenvalue weighted by molar-refractivity contribution is 7.13. The van der Waals surface area contributed by atoms with Crippen LogP contribution < -0.4 is 5.32 Å². The molecule has 1 N–H and O–H groups in total. The highest BCUT2D eigenvalue weighted by Crippen LogP contribution is 2.29. The summed E-state index contributed by atoms with van der Waals surface area (Å²) in [5, 5.41) is 4.88. The largest absolute Gasteiger partial charge is 0.366 e. The van der Waals surface area contributed by atoms with Gasteiger partial charge in [0.25, 0.3) is 0 Å². The van der Waals surface area contributed by atoms with E-state index in [1.54, 1.807) is 11.5 Å². The van der Waals surface area contributed by atoms with E-state index in [1.165, 1.54) is 42.2 Å². The Labute approximate surface area is 99.8 Å². The quantitative estimate of drug-likeness (QED) is 0.845. The molecular formula is C13H16N2S. The molecule has 1 aromatic heterocycles. The molecule has 3 heteroatoms. The lowest BCUT2D eigenvalue weighted by Crippen LogP contribution is -2.22. The summed E-state index contributed by atoms with van der Waals surface area (Å²) in [5.74, 6) is 1.09. The molecule has 1 aliphatic rings. The van der Waals surface area contributed by atoms with Crippen molar-refractivity contribution in [1.29, 1.82) is 0 Å². The molecule has 0 aliphatic heterocycles. The van der Waals surface area contributed by atoms with Gasteiger partial charge in [-0.25, -0.2) is 0 Å². The van der Waals surface area contributed by atoms with E-state index in [0.29, 0.717) is 6.04 Å². The second-order valence-corrected chi connectivity index (χ2v) is 5.31. The van der Waals surface area contributed by atoms with Gasteiger partial charge < -0.3 is 5.32 Å². The van der Waals surface area contributed by atoms with Crippen LogP contribution in [0, 0.1) is 0 Å². The summed E-state index contributed by atoms with van der Waals surface area (Å²) in [5.41, 5.74) is 0. The molecule has 2 nitrogen and oxygen atoms in total. The topological polar surface area (TPSA) is 24.9 Å². The average molecular weight is 232 g/mol. The van der Waals surface area contributed by atoms with Gasteiger partial charge in [0, 0.05) is 11.4 Å². The van der Waals surface area contributed by atoms with Crippen molar-refractivity contribution in [3.05, 3.63) is 24.3 Å². The molecule has 2 aromatic rings. The Morgan fingerprint density at radius 1 is 1.12 bits per heavy atom. The number of fused-ring (bicyclic) bond motifs is 1. The first-order valence-electron chi connectivity index (χ1n) is 6.04. The fourth-order valence-electron chi connectivity index (χ4n) is 2.43. The van der Waals surface area contributed by atoms with E-state index in [0.717, 1.165) is 5.82 Å². The molecule has 1 saturated carbocycles. The van der Waals surface area contributed by atoms with Crippen LogP contribution in [0.3, 0.4) is 0 Å². The van der Waals surface area contributed by atoms with Crippen molar-refractivity contribution >= 4 is 27.4 Å². The predicted octanol–water partition coefficient (Wildman–Crippen LogP) is 4.04. The highest BCUT2D eigenvalue weighted by Gasteiger charge is 2.15. The van der Waals surface area contributed by atoms with Crippen LogP contribution in [0.5, 0.6) is 0 Å². The Kier molecular flexibility index (Phi) is 2.79. The summed E-state index contributed by atoms with van der Waals surface area (Å²) in [6.07, 6.45) is 6.72. The highest BCUT2D eigenvalue weighted by atomic mass is 32.1. The molecule has 0 unspecified atom stereocenters. The second kappa shape index (κ2) is 4.42. The summed E-state index contributed by atoms with van der Waals surface area (Å²) in [6.45, 7) is 0. The maximum absolute atomic E-state index is 4.52. The van der Waals surface area contributed by atoms with Crippen molar-refractivity contribution in [3.63, 3.8) is 0 Å². The predicted molar refractivity (Wildman–Crippen MR) is 70.1 cm³/mol. The first-order chi connectivity index (χ1) is 7.93. The number of hydrogen-bond donors (Lipinski definition) is 1. The minimum atomic E-state index is 0.638. The van der Waals surface area contributed by atoms with E-state index in [4.69, 9.17) is 0 Å². The van der Waals surface area contributed by atoms with Crippen LogP contribution in [-0.4, -0.2) is 10.4 Å². The Bertz CT molecular complexity index is 471. The van der Waals surface area contributed by atoms with E-state index in [-0.39, 0.29) is 0 Å². The van der Waals surface area contributed by atoms with Crippen LogP contribution in [0.25, 0.3) is 10.1 Å². The smallest absolute Gasteiger partial charge is 0.147 e. The molecule has 0 atom stereocenters. The molecule has 1 heterocycles. The Hall–Kier alpha value is -1.09. The van der Waals surface area contributed by atoms with Crippen molar-refractivity contribution in [2.24, 2.45) is 0 Å². The van der Waals surface area contributed by atoms with Crippen LogP contribution in [0.4, 0.5) is 5.82 Å². The monoisotopic (exact) mass is 232 g/mol. The van der Waals surface area contributed by atoms with Crippen molar-refractivity contribution in [1.82, 2.24) is 4.37 Å². The SMILES string of the molecule is c1ccc2c(NC3CCCCC3)nsc2c1. The molecule has 84 valence electrons. The molecule has 0 amide bonds. The third kappa shape index (κ3) is 1.92. The van der Waals surface area contributed by atoms with E-state index >= 15 is 0 Å². The molecular weight excluding hydrogens is 216 g/mol. The van der Waals surface area contributed by atoms with Crippen molar-refractivity contribution < 1.29 is 0 Å². The number of nitrogens with one attached hydrogen (secondary N) is 1. The first-order valence-corrected chi connectivity index (χ1v) is 6.82. The lowest BCUT2D eigenvalue weighted by molar-refractivity contribution is 0.462. The maximum Gasteiger partial charge on any atom is 0.147 e. The van der Waals surface area contributed by atoms with Gasteiger partial charge in [-0.05, 0) is 36.5 Å². The summed E-state index contributed by atoms with van der Waals surface area (Å²) in [4.78, 5) is 0. The molecule has 1 fully saturated rings. The zero-order valence-corrected chi connectivity index (χ0v) is 10.1. The maximum atomic E-state index is 4.52. The zero-order chi connectivity index (χ0) is 10.8. The number of rotatable bonds is 2. The fraction of sp³-hybridized carbons (Fsp3) is 0.462. The van der Waals surface area contributed by atoms with Crippen LogP contribution >= 0.6 is 11.5 Å². The number of nitrogens with zero attached hydrogens (tertiary/aromatic N) is 1. The van der Waals surface area contributed by atoms with E-state index < -0.39 is 0 Å². The van der Waals surface area contributed by atoms with Crippen LogP contribution in [0.2, 0.25) is 0 Å². The average Bonchev–Trinajstić information content (AvgIpc) is 2.74. The lowest BCUT2D eigenvalue weighted by Gasteiger charge is -2.22. The van der Waals surface area contributed by atoms with Gasteiger partial charge in [-0.1, -0.05) is 31.4 Å². The molecule has 0 saturated heterocycles. The normalized spacial score (nSPS) is 17.8. The van der Waals surface area contributed by atoms with Gasteiger partial charge in [0.15, 0.2) is 0 Å². The van der Waals surface area contributed by atoms with Gasteiger partial charge in [-0.3, -0.25) is 0 Å². The number of aromatic nitrogens is 1. The van der Waals surface area contributed by atoms with Crippen molar-refractivity contribution in [2.75, 3.05) is 5.32 Å². The summed E-state index contributed by atoms with van der Waals surface area (Å²) >= 11 is 1.59. The molecule has 0 spiro atoms. The third-order valence-electron chi connectivity index (χ3n) is 3.32. The Morgan fingerprint density at radius 2 is 1.94 bits per heavy atom. The van der Waals surface area contributed by atoms with Crippen LogP contribution in [0.1, 0.15) is 32.1 Å². The van der Waals surface area contributed by atoms with E-state index in [9.17, 15) is 0 Å². The Balaban J connectivity index is 1.83. The summed E-state index contributed by atoms with van der Waals surface area (Å²) < 4.78 is 5.80. The van der Waals surface area contributed by atoms with Crippen LogP contribution in [-0.2, 0) is 0 Å². The van der Waals surface area contributed by atoms with Gasteiger partial charge in [-0.2, -0.15) is 4.37 Å². The minimum Gasteiger partial charge on any atom is -0.366 e. The molecule has 0 bridgehead atoms. The lowest BCUT2D eigenvalue weighted by atomic mass is 9.95. The fourth-order valence-corrected chi connectivity index (χ4v) is 3.17. The second-order valence-electron chi connectivity index (χ2n) is 4.51.